The highest BCUT2D eigenvalue weighted by molar-refractivity contribution is 7.89. The minimum atomic E-state index is -3.59. The molecular formula is C11H21N5O2S. The van der Waals surface area contributed by atoms with E-state index in [1.165, 1.54) is 23.7 Å². The number of anilines is 1. The minimum absolute atomic E-state index is 0.0296. The minimum Gasteiger partial charge on any atom is -0.381 e. The van der Waals surface area contributed by atoms with Crippen LogP contribution in [0, 0.1) is 0 Å². The van der Waals surface area contributed by atoms with E-state index in [2.05, 4.69) is 21.5 Å². The van der Waals surface area contributed by atoms with Crippen LogP contribution < -0.4 is 10.5 Å². The van der Waals surface area contributed by atoms with Gasteiger partial charge in [0, 0.05) is 26.2 Å². The van der Waals surface area contributed by atoms with E-state index in [4.69, 9.17) is 5.73 Å². The largest absolute Gasteiger partial charge is 0.381 e. The zero-order chi connectivity index (χ0) is 14.0. The molecule has 8 heteroatoms. The molecule has 1 aromatic rings. The third-order valence-corrected chi connectivity index (χ3v) is 4.91. The molecule has 0 saturated heterocycles. The van der Waals surface area contributed by atoms with Gasteiger partial charge < -0.3 is 10.3 Å². The quantitative estimate of drug-likeness (QED) is 0.722. The van der Waals surface area contributed by atoms with Crippen LogP contribution in [0.3, 0.4) is 0 Å². The SMILES string of the molecule is CCN(CCNS(=O)(=O)c1c(N)ncn1C)C1CC1. The van der Waals surface area contributed by atoms with Crippen LogP contribution in [0.1, 0.15) is 19.8 Å². The molecule has 1 saturated carbocycles. The molecule has 1 fully saturated rings. The first-order chi connectivity index (χ1) is 8.95. The Morgan fingerprint density at radius 3 is 2.74 bits per heavy atom. The summed E-state index contributed by atoms with van der Waals surface area (Å²) in [5.41, 5.74) is 5.58. The molecule has 3 N–H and O–H groups in total. The molecule has 1 aromatic heterocycles. The van der Waals surface area contributed by atoms with E-state index in [0.29, 0.717) is 12.6 Å². The van der Waals surface area contributed by atoms with E-state index in [1.807, 2.05) is 0 Å². The lowest BCUT2D eigenvalue weighted by Gasteiger charge is -2.19. The van der Waals surface area contributed by atoms with Crippen molar-refractivity contribution in [2.24, 2.45) is 7.05 Å². The molecule has 1 heterocycles. The van der Waals surface area contributed by atoms with Gasteiger partial charge in [0.05, 0.1) is 6.33 Å². The fraction of sp³-hybridized carbons (Fsp3) is 0.727. The standard InChI is InChI=1S/C11H21N5O2S/c1-3-16(9-4-5-9)7-6-14-19(17,18)11-10(12)13-8-15(11)2/h8-9,14H,3-7,12H2,1-2H3. The maximum atomic E-state index is 12.1. The van der Waals surface area contributed by atoms with E-state index in [9.17, 15) is 8.42 Å². The fourth-order valence-corrected chi connectivity index (χ4v) is 3.45. The number of rotatable bonds is 7. The smallest absolute Gasteiger partial charge is 0.260 e. The van der Waals surface area contributed by atoms with Crippen molar-refractivity contribution in [2.75, 3.05) is 25.4 Å². The Morgan fingerprint density at radius 2 is 2.26 bits per heavy atom. The predicted molar refractivity (Wildman–Crippen MR) is 73.1 cm³/mol. The van der Waals surface area contributed by atoms with Crippen LogP contribution in [0.2, 0.25) is 0 Å². The Balaban J connectivity index is 1.94. The molecular weight excluding hydrogens is 266 g/mol. The lowest BCUT2D eigenvalue weighted by atomic mass is 10.4. The Morgan fingerprint density at radius 1 is 1.58 bits per heavy atom. The van der Waals surface area contributed by atoms with Crippen LogP contribution in [0.5, 0.6) is 0 Å². The normalized spacial score (nSPS) is 16.2. The number of nitrogens with one attached hydrogen (secondary N) is 1. The number of aromatic nitrogens is 2. The number of nitrogen functional groups attached to an aromatic ring is 1. The van der Waals surface area contributed by atoms with Crippen LogP contribution in [-0.4, -0.2) is 48.5 Å². The van der Waals surface area contributed by atoms with E-state index in [-0.39, 0.29) is 10.8 Å². The molecule has 0 spiro atoms. The molecule has 0 aliphatic heterocycles. The number of hydrogen-bond acceptors (Lipinski definition) is 5. The number of nitrogens with two attached hydrogens (primary N) is 1. The third-order valence-electron chi connectivity index (χ3n) is 3.32. The summed E-state index contributed by atoms with van der Waals surface area (Å²) in [7, 11) is -1.98. The van der Waals surface area contributed by atoms with Crippen molar-refractivity contribution < 1.29 is 8.42 Å². The summed E-state index contributed by atoms with van der Waals surface area (Å²) in [4.78, 5) is 6.08. The van der Waals surface area contributed by atoms with Gasteiger partial charge in [-0.25, -0.2) is 18.1 Å². The summed E-state index contributed by atoms with van der Waals surface area (Å²) in [6.45, 7) is 4.14. The molecule has 0 radical (unpaired) electrons. The molecule has 1 aliphatic carbocycles. The molecule has 1 aliphatic rings. The second-order valence-electron chi connectivity index (χ2n) is 4.80. The molecule has 0 bridgehead atoms. The maximum absolute atomic E-state index is 12.1. The third kappa shape index (κ3) is 3.26. The second-order valence-corrected chi connectivity index (χ2v) is 6.49. The van der Waals surface area contributed by atoms with Gasteiger partial charge in [-0.1, -0.05) is 6.92 Å². The number of nitrogens with zero attached hydrogens (tertiary/aromatic N) is 3. The average Bonchev–Trinajstić information content (AvgIpc) is 3.11. The van der Waals surface area contributed by atoms with Crippen LogP contribution >= 0.6 is 0 Å². The summed E-state index contributed by atoms with van der Waals surface area (Å²) < 4.78 is 28.2. The molecule has 0 unspecified atom stereocenters. The van der Waals surface area contributed by atoms with E-state index >= 15 is 0 Å². The van der Waals surface area contributed by atoms with E-state index in [1.54, 1.807) is 7.05 Å². The van der Waals surface area contributed by atoms with Crippen LogP contribution in [0.4, 0.5) is 5.82 Å². The average molecular weight is 287 g/mol. The molecule has 2 rings (SSSR count). The van der Waals surface area contributed by atoms with Crippen molar-refractivity contribution in [1.29, 1.82) is 0 Å². The molecule has 0 amide bonds. The highest BCUT2D eigenvalue weighted by atomic mass is 32.2. The van der Waals surface area contributed by atoms with Gasteiger partial charge >= 0.3 is 0 Å². The first-order valence-corrected chi connectivity index (χ1v) is 7.94. The van der Waals surface area contributed by atoms with Crippen LogP contribution in [0.25, 0.3) is 0 Å². The van der Waals surface area contributed by atoms with Crippen molar-refractivity contribution in [3.8, 4) is 0 Å². The topological polar surface area (TPSA) is 93.2 Å². The summed E-state index contributed by atoms with van der Waals surface area (Å²) in [5.74, 6) is 0.0320. The van der Waals surface area contributed by atoms with Gasteiger partial charge in [-0.15, -0.1) is 0 Å². The summed E-state index contributed by atoms with van der Waals surface area (Å²) >= 11 is 0. The summed E-state index contributed by atoms with van der Waals surface area (Å²) in [6, 6.07) is 0.635. The summed E-state index contributed by atoms with van der Waals surface area (Å²) in [5, 5.41) is 0.0296. The summed E-state index contributed by atoms with van der Waals surface area (Å²) in [6.07, 6.45) is 3.83. The van der Waals surface area contributed by atoms with Gasteiger partial charge in [0.1, 0.15) is 0 Å². The first kappa shape index (κ1) is 14.3. The van der Waals surface area contributed by atoms with Gasteiger partial charge in [-0.2, -0.15) is 0 Å². The van der Waals surface area contributed by atoms with Crippen molar-refractivity contribution in [1.82, 2.24) is 19.2 Å². The van der Waals surface area contributed by atoms with Crippen molar-refractivity contribution >= 4 is 15.8 Å². The highest BCUT2D eigenvalue weighted by Crippen LogP contribution is 2.25. The Hall–Kier alpha value is -1.12. The van der Waals surface area contributed by atoms with Gasteiger partial charge in [0.15, 0.2) is 10.8 Å². The Kier molecular flexibility index (Phi) is 4.12. The molecule has 0 atom stereocenters. The van der Waals surface area contributed by atoms with Gasteiger partial charge in [-0.3, -0.25) is 4.90 Å². The molecule has 0 aromatic carbocycles. The number of hydrogen-bond donors (Lipinski definition) is 2. The molecule has 19 heavy (non-hydrogen) atoms. The van der Waals surface area contributed by atoms with Crippen LogP contribution in [-0.2, 0) is 17.1 Å². The molecule has 7 nitrogen and oxygen atoms in total. The number of aryl methyl sites for hydroxylation is 1. The van der Waals surface area contributed by atoms with Crippen molar-refractivity contribution in [3.63, 3.8) is 0 Å². The Bertz CT molecular complexity index is 516. The fourth-order valence-electron chi connectivity index (χ4n) is 2.19. The van der Waals surface area contributed by atoms with Crippen LogP contribution in [0.15, 0.2) is 11.4 Å². The monoisotopic (exact) mass is 287 g/mol. The lowest BCUT2D eigenvalue weighted by molar-refractivity contribution is 0.282. The van der Waals surface area contributed by atoms with Crippen molar-refractivity contribution in [3.05, 3.63) is 6.33 Å². The lowest BCUT2D eigenvalue weighted by Crippen LogP contribution is -2.36. The van der Waals surface area contributed by atoms with Crippen molar-refractivity contribution in [2.45, 2.75) is 30.8 Å². The Labute approximate surface area is 113 Å². The van der Waals surface area contributed by atoms with E-state index in [0.717, 1.165) is 13.1 Å². The van der Waals surface area contributed by atoms with E-state index < -0.39 is 10.0 Å². The van der Waals surface area contributed by atoms with Gasteiger partial charge in [-0.05, 0) is 19.4 Å². The zero-order valence-electron chi connectivity index (χ0n) is 11.3. The number of imidazole rings is 1. The molecule has 108 valence electrons. The first-order valence-electron chi connectivity index (χ1n) is 6.46. The number of likely N-dealkylation sites (N-methyl/N-ethyl adjacent to an activating group) is 1. The van der Waals surface area contributed by atoms with Gasteiger partial charge in [0.25, 0.3) is 10.0 Å². The highest BCUT2D eigenvalue weighted by Gasteiger charge is 2.28. The second kappa shape index (κ2) is 5.48. The van der Waals surface area contributed by atoms with Gasteiger partial charge in [0.2, 0.25) is 0 Å². The number of sulfonamides is 1. The zero-order valence-corrected chi connectivity index (χ0v) is 12.2. The predicted octanol–water partition coefficient (Wildman–Crippen LogP) is -0.235. The maximum Gasteiger partial charge on any atom is 0.260 e.